The third-order valence-corrected chi connectivity index (χ3v) is 4.14. The zero-order chi connectivity index (χ0) is 8.97. The second-order valence-electron chi connectivity index (χ2n) is 3.25. The van der Waals surface area contributed by atoms with E-state index in [9.17, 15) is 0 Å². The normalized spacial score (nSPS) is 22.2. The van der Waals surface area contributed by atoms with Crippen molar-refractivity contribution in [3.63, 3.8) is 0 Å². The van der Waals surface area contributed by atoms with E-state index in [0.717, 1.165) is 8.61 Å². The summed E-state index contributed by atoms with van der Waals surface area (Å²) in [5, 5.41) is 9.79. The summed E-state index contributed by atoms with van der Waals surface area (Å²) in [4.78, 5) is 0. The van der Waals surface area contributed by atoms with Crippen molar-refractivity contribution in [1.82, 2.24) is 0 Å². The lowest BCUT2D eigenvalue weighted by molar-refractivity contribution is 0.337. The van der Waals surface area contributed by atoms with Crippen molar-refractivity contribution >= 4 is 34.2 Å². The van der Waals surface area contributed by atoms with Gasteiger partial charge in [0.05, 0.1) is 6.61 Å². The highest BCUT2D eigenvalue weighted by molar-refractivity contribution is 14.1. The molecule has 1 aliphatic rings. The van der Waals surface area contributed by atoms with E-state index in [2.05, 4.69) is 22.6 Å². The Morgan fingerprint density at radius 3 is 2.42 bits per heavy atom. The van der Waals surface area contributed by atoms with Crippen molar-refractivity contribution < 1.29 is 5.11 Å². The van der Waals surface area contributed by atoms with Crippen LogP contribution < -0.4 is 0 Å². The molecule has 1 N–H and O–H groups in total. The number of halogens is 2. The molecule has 0 heterocycles. The Labute approximate surface area is 92.3 Å². The van der Waals surface area contributed by atoms with Crippen LogP contribution in [0.3, 0.4) is 0 Å². The largest absolute Gasteiger partial charge is 0.391 e. The molecule has 0 aromatic heterocycles. The van der Waals surface area contributed by atoms with Gasteiger partial charge in [0.2, 0.25) is 0 Å². The van der Waals surface area contributed by atoms with Crippen molar-refractivity contribution in [3.05, 3.63) is 8.61 Å². The molecule has 1 nitrogen and oxygen atoms in total. The van der Waals surface area contributed by atoms with Gasteiger partial charge < -0.3 is 5.11 Å². The Hall–Kier alpha value is 0.720. The van der Waals surface area contributed by atoms with Gasteiger partial charge in [-0.2, -0.15) is 0 Å². The summed E-state index contributed by atoms with van der Waals surface area (Å²) in [5.41, 5.74) is 0. The number of allylic oxidation sites excluding steroid dienone is 1. The standard InChI is InChI=1S/C9H14ClIO/c10-9(8(11)6-12)7-4-2-1-3-5-7/h7,12H,1-6H2/b9-8-. The summed E-state index contributed by atoms with van der Waals surface area (Å²) < 4.78 is 0.918. The SMILES string of the molecule is OC/C(I)=C(/Cl)C1CCCCC1. The molecule has 3 heteroatoms. The van der Waals surface area contributed by atoms with Crippen LogP contribution in [0.4, 0.5) is 0 Å². The van der Waals surface area contributed by atoms with Crippen LogP contribution in [0, 0.1) is 5.92 Å². The molecule has 0 radical (unpaired) electrons. The lowest BCUT2D eigenvalue weighted by atomic mass is 9.89. The van der Waals surface area contributed by atoms with Crippen LogP contribution in [0.15, 0.2) is 8.61 Å². The van der Waals surface area contributed by atoms with Crippen molar-refractivity contribution in [2.45, 2.75) is 32.1 Å². The van der Waals surface area contributed by atoms with Gasteiger partial charge in [-0.25, -0.2) is 0 Å². The predicted octanol–water partition coefficient (Wildman–Crippen LogP) is 3.44. The zero-order valence-corrected chi connectivity index (χ0v) is 9.94. The fourth-order valence-electron chi connectivity index (χ4n) is 1.65. The monoisotopic (exact) mass is 300 g/mol. The topological polar surface area (TPSA) is 20.2 Å². The van der Waals surface area contributed by atoms with Gasteiger partial charge in [0.25, 0.3) is 0 Å². The van der Waals surface area contributed by atoms with E-state index in [-0.39, 0.29) is 6.61 Å². The van der Waals surface area contributed by atoms with Gasteiger partial charge in [0.1, 0.15) is 0 Å². The molecule has 0 saturated heterocycles. The second kappa shape index (κ2) is 5.45. The molecule has 0 aromatic carbocycles. The highest BCUT2D eigenvalue weighted by Crippen LogP contribution is 2.34. The Morgan fingerprint density at radius 1 is 1.33 bits per heavy atom. The number of hydrogen-bond donors (Lipinski definition) is 1. The van der Waals surface area contributed by atoms with E-state index in [0.29, 0.717) is 5.92 Å². The first-order valence-electron chi connectivity index (χ1n) is 4.40. The Balaban J connectivity index is 2.55. The van der Waals surface area contributed by atoms with Gasteiger partial charge in [0.15, 0.2) is 0 Å². The highest BCUT2D eigenvalue weighted by Gasteiger charge is 2.18. The van der Waals surface area contributed by atoms with E-state index >= 15 is 0 Å². The second-order valence-corrected chi connectivity index (χ2v) is 4.96. The van der Waals surface area contributed by atoms with E-state index in [1.54, 1.807) is 0 Å². The molecule has 0 aromatic rings. The molecule has 1 rings (SSSR count). The maximum Gasteiger partial charge on any atom is 0.0750 e. The van der Waals surface area contributed by atoms with Crippen LogP contribution in [-0.4, -0.2) is 11.7 Å². The van der Waals surface area contributed by atoms with Gasteiger partial charge in [-0.1, -0.05) is 30.9 Å². The summed E-state index contributed by atoms with van der Waals surface area (Å²) in [6.45, 7) is 0.0931. The lowest BCUT2D eigenvalue weighted by Gasteiger charge is -2.21. The molecule has 1 fully saturated rings. The lowest BCUT2D eigenvalue weighted by Crippen LogP contribution is -2.07. The molecular formula is C9H14ClIO. The number of aliphatic hydroxyl groups excluding tert-OH is 1. The maximum absolute atomic E-state index is 8.89. The third kappa shape index (κ3) is 2.89. The minimum Gasteiger partial charge on any atom is -0.391 e. The summed E-state index contributed by atoms with van der Waals surface area (Å²) in [7, 11) is 0. The summed E-state index contributed by atoms with van der Waals surface area (Å²) in [5.74, 6) is 0.527. The fraction of sp³-hybridized carbons (Fsp3) is 0.778. The fourth-order valence-corrected chi connectivity index (χ4v) is 2.37. The van der Waals surface area contributed by atoms with Crippen LogP contribution >= 0.6 is 34.2 Å². The Morgan fingerprint density at radius 2 is 1.92 bits per heavy atom. The first-order chi connectivity index (χ1) is 5.75. The average molecular weight is 301 g/mol. The van der Waals surface area contributed by atoms with Gasteiger partial charge in [-0.15, -0.1) is 0 Å². The molecule has 0 atom stereocenters. The smallest absolute Gasteiger partial charge is 0.0750 e. The van der Waals surface area contributed by atoms with Crippen LogP contribution in [0.5, 0.6) is 0 Å². The van der Waals surface area contributed by atoms with Crippen LogP contribution in [0.2, 0.25) is 0 Å². The quantitative estimate of drug-likeness (QED) is 0.775. The van der Waals surface area contributed by atoms with Crippen LogP contribution in [-0.2, 0) is 0 Å². The first kappa shape index (κ1) is 10.8. The molecular weight excluding hydrogens is 286 g/mol. The van der Waals surface area contributed by atoms with Gasteiger partial charge in [0, 0.05) is 8.61 Å². The molecule has 1 saturated carbocycles. The van der Waals surface area contributed by atoms with Crippen molar-refractivity contribution in [2.75, 3.05) is 6.61 Å². The number of hydrogen-bond acceptors (Lipinski definition) is 1. The van der Waals surface area contributed by atoms with Crippen molar-refractivity contribution in [3.8, 4) is 0 Å². The van der Waals surface area contributed by atoms with Gasteiger partial charge in [-0.3, -0.25) is 0 Å². The molecule has 0 spiro atoms. The molecule has 12 heavy (non-hydrogen) atoms. The van der Waals surface area contributed by atoms with Crippen molar-refractivity contribution in [2.24, 2.45) is 5.92 Å². The van der Waals surface area contributed by atoms with Crippen LogP contribution in [0.1, 0.15) is 32.1 Å². The summed E-state index contributed by atoms with van der Waals surface area (Å²) in [6, 6.07) is 0. The number of aliphatic hydroxyl groups is 1. The first-order valence-corrected chi connectivity index (χ1v) is 5.86. The van der Waals surface area contributed by atoms with E-state index in [4.69, 9.17) is 16.7 Å². The summed E-state index contributed by atoms with van der Waals surface area (Å²) in [6.07, 6.45) is 6.32. The molecule has 70 valence electrons. The third-order valence-electron chi connectivity index (χ3n) is 2.36. The summed E-state index contributed by atoms with van der Waals surface area (Å²) >= 11 is 8.25. The maximum atomic E-state index is 8.89. The van der Waals surface area contributed by atoms with Crippen molar-refractivity contribution in [1.29, 1.82) is 0 Å². The molecule has 0 aliphatic heterocycles. The van der Waals surface area contributed by atoms with E-state index in [1.807, 2.05) is 0 Å². The molecule has 0 bridgehead atoms. The minimum atomic E-state index is 0.0931. The molecule has 0 unspecified atom stereocenters. The Kier molecular flexibility index (Phi) is 4.90. The predicted molar refractivity (Wildman–Crippen MR) is 60.6 cm³/mol. The average Bonchev–Trinajstić information content (AvgIpc) is 2.17. The number of rotatable bonds is 2. The zero-order valence-electron chi connectivity index (χ0n) is 7.02. The van der Waals surface area contributed by atoms with Gasteiger partial charge >= 0.3 is 0 Å². The van der Waals surface area contributed by atoms with Crippen LogP contribution in [0.25, 0.3) is 0 Å². The molecule has 1 aliphatic carbocycles. The molecule has 0 amide bonds. The minimum absolute atomic E-state index is 0.0931. The van der Waals surface area contributed by atoms with E-state index in [1.165, 1.54) is 32.1 Å². The van der Waals surface area contributed by atoms with Gasteiger partial charge in [-0.05, 0) is 41.4 Å². The highest BCUT2D eigenvalue weighted by atomic mass is 127. The van der Waals surface area contributed by atoms with E-state index < -0.39 is 0 Å². The Bertz CT molecular complexity index is 173.